The monoisotopic (exact) mass is 262 g/mol. The SMILES string of the molecule is COc1cccc(OC)c1-c1nc[nH]c(=O)c1OC. The molecule has 1 aromatic heterocycles. The van der Waals surface area contributed by atoms with E-state index in [9.17, 15) is 4.79 Å². The van der Waals surface area contributed by atoms with Gasteiger partial charge in [0, 0.05) is 0 Å². The minimum Gasteiger partial charge on any atom is -0.496 e. The van der Waals surface area contributed by atoms with Gasteiger partial charge in [0.2, 0.25) is 5.75 Å². The van der Waals surface area contributed by atoms with Crippen LogP contribution in [0, 0.1) is 0 Å². The predicted octanol–water partition coefficient (Wildman–Crippen LogP) is 1.46. The number of ether oxygens (including phenoxy) is 3. The van der Waals surface area contributed by atoms with Crippen LogP contribution in [-0.4, -0.2) is 31.3 Å². The molecule has 0 aliphatic rings. The van der Waals surface area contributed by atoms with Crippen molar-refractivity contribution >= 4 is 0 Å². The lowest BCUT2D eigenvalue weighted by Crippen LogP contribution is -2.11. The maximum Gasteiger partial charge on any atom is 0.293 e. The molecule has 100 valence electrons. The molecule has 6 nitrogen and oxygen atoms in total. The van der Waals surface area contributed by atoms with Crippen LogP contribution in [-0.2, 0) is 0 Å². The Kier molecular flexibility index (Phi) is 3.70. The topological polar surface area (TPSA) is 73.4 Å². The van der Waals surface area contributed by atoms with Crippen molar-refractivity contribution in [3.63, 3.8) is 0 Å². The Morgan fingerprint density at radius 1 is 1.05 bits per heavy atom. The molecule has 6 heteroatoms. The number of aromatic nitrogens is 2. The van der Waals surface area contributed by atoms with Gasteiger partial charge in [-0.3, -0.25) is 4.79 Å². The number of hydrogen-bond donors (Lipinski definition) is 1. The largest absolute Gasteiger partial charge is 0.496 e. The van der Waals surface area contributed by atoms with E-state index in [1.807, 2.05) is 0 Å². The Morgan fingerprint density at radius 2 is 1.68 bits per heavy atom. The van der Waals surface area contributed by atoms with Crippen LogP contribution >= 0.6 is 0 Å². The Labute approximate surface area is 110 Å². The molecule has 0 fully saturated rings. The molecule has 0 saturated carbocycles. The van der Waals surface area contributed by atoms with E-state index < -0.39 is 0 Å². The van der Waals surface area contributed by atoms with Crippen LogP contribution in [0.1, 0.15) is 0 Å². The molecule has 0 aliphatic heterocycles. The first-order chi connectivity index (χ1) is 9.22. The molecule has 0 amide bonds. The van der Waals surface area contributed by atoms with Crippen LogP contribution in [0.2, 0.25) is 0 Å². The summed E-state index contributed by atoms with van der Waals surface area (Å²) in [4.78, 5) is 18.4. The minimum absolute atomic E-state index is 0.116. The number of rotatable bonds is 4. The van der Waals surface area contributed by atoms with E-state index >= 15 is 0 Å². The normalized spacial score (nSPS) is 10.1. The average Bonchev–Trinajstić information content (AvgIpc) is 2.46. The van der Waals surface area contributed by atoms with Crippen molar-refractivity contribution in [1.82, 2.24) is 9.97 Å². The van der Waals surface area contributed by atoms with Gasteiger partial charge in [-0.05, 0) is 12.1 Å². The highest BCUT2D eigenvalue weighted by atomic mass is 16.5. The van der Waals surface area contributed by atoms with Gasteiger partial charge in [-0.2, -0.15) is 0 Å². The molecule has 0 saturated heterocycles. The maximum atomic E-state index is 11.7. The Balaban J connectivity index is 2.78. The highest BCUT2D eigenvalue weighted by molar-refractivity contribution is 5.77. The zero-order chi connectivity index (χ0) is 13.8. The molecular formula is C13H14N2O4. The summed E-state index contributed by atoms with van der Waals surface area (Å²) in [5.41, 5.74) is 0.594. The molecule has 0 spiro atoms. The molecule has 19 heavy (non-hydrogen) atoms. The van der Waals surface area contributed by atoms with E-state index in [1.165, 1.54) is 27.7 Å². The van der Waals surface area contributed by atoms with E-state index in [2.05, 4.69) is 9.97 Å². The fourth-order valence-corrected chi connectivity index (χ4v) is 1.84. The summed E-state index contributed by atoms with van der Waals surface area (Å²) in [6.07, 6.45) is 1.31. The van der Waals surface area contributed by atoms with Gasteiger partial charge in [0.1, 0.15) is 17.2 Å². The van der Waals surface area contributed by atoms with Gasteiger partial charge in [-0.25, -0.2) is 4.98 Å². The van der Waals surface area contributed by atoms with Gasteiger partial charge < -0.3 is 19.2 Å². The van der Waals surface area contributed by atoms with Gasteiger partial charge in [0.05, 0.1) is 33.2 Å². The second-order valence-corrected chi connectivity index (χ2v) is 3.65. The van der Waals surface area contributed by atoms with Crippen LogP contribution < -0.4 is 19.8 Å². The first-order valence-corrected chi connectivity index (χ1v) is 5.56. The van der Waals surface area contributed by atoms with Gasteiger partial charge >= 0.3 is 0 Å². The number of hydrogen-bond acceptors (Lipinski definition) is 5. The smallest absolute Gasteiger partial charge is 0.293 e. The molecule has 0 unspecified atom stereocenters. The lowest BCUT2D eigenvalue weighted by molar-refractivity contribution is 0.392. The molecule has 0 aliphatic carbocycles. The van der Waals surface area contributed by atoms with E-state index in [-0.39, 0.29) is 11.3 Å². The van der Waals surface area contributed by atoms with E-state index in [4.69, 9.17) is 14.2 Å². The Hall–Kier alpha value is -2.50. The molecule has 0 radical (unpaired) electrons. The molecule has 1 heterocycles. The molecule has 0 atom stereocenters. The molecule has 2 rings (SSSR count). The summed E-state index contributed by atoms with van der Waals surface area (Å²) >= 11 is 0. The fraction of sp³-hybridized carbons (Fsp3) is 0.231. The summed E-state index contributed by atoms with van der Waals surface area (Å²) in [6.45, 7) is 0. The summed E-state index contributed by atoms with van der Waals surface area (Å²) in [5, 5.41) is 0. The lowest BCUT2D eigenvalue weighted by atomic mass is 10.1. The molecule has 1 aromatic carbocycles. The number of methoxy groups -OCH3 is 3. The van der Waals surface area contributed by atoms with Crippen LogP contribution in [0.3, 0.4) is 0 Å². The summed E-state index contributed by atoms with van der Waals surface area (Å²) in [6, 6.07) is 5.32. The standard InChI is InChI=1S/C13H14N2O4/c1-17-8-5-4-6-9(18-2)10(8)11-12(19-3)13(16)15-7-14-11/h4-7H,1-3H3,(H,14,15,16). The average molecular weight is 262 g/mol. The van der Waals surface area contributed by atoms with Crippen molar-refractivity contribution in [2.24, 2.45) is 0 Å². The van der Waals surface area contributed by atoms with Crippen LogP contribution in [0.4, 0.5) is 0 Å². The summed E-state index contributed by atoms with van der Waals surface area (Å²) in [7, 11) is 4.49. The zero-order valence-electron chi connectivity index (χ0n) is 10.9. The highest BCUT2D eigenvalue weighted by Crippen LogP contribution is 2.39. The summed E-state index contributed by atoms with van der Waals surface area (Å²) < 4.78 is 15.7. The number of H-pyrrole nitrogens is 1. The van der Waals surface area contributed by atoms with Crippen molar-refractivity contribution in [2.75, 3.05) is 21.3 Å². The maximum absolute atomic E-state index is 11.7. The van der Waals surface area contributed by atoms with Gasteiger partial charge in [0.15, 0.2) is 0 Å². The molecule has 2 aromatic rings. The first kappa shape index (κ1) is 12.9. The number of benzene rings is 1. The number of nitrogens with one attached hydrogen (secondary N) is 1. The van der Waals surface area contributed by atoms with Crippen molar-refractivity contribution < 1.29 is 14.2 Å². The van der Waals surface area contributed by atoms with Crippen molar-refractivity contribution in [3.8, 4) is 28.5 Å². The van der Waals surface area contributed by atoms with Crippen molar-refractivity contribution in [2.45, 2.75) is 0 Å². The molecule has 1 N–H and O–H groups in total. The third kappa shape index (κ3) is 2.24. The quantitative estimate of drug-likeness (QED) is 0.903. The van der Waals surface area contributed by atoms with Gasteiger partial charge in [-0.1, -0.05) is 6.07 Å². The lowest BCUT2D eigenvalue weighted by Gasteiger charge is -2.13. The molecular weight excluding hydrogens is 248 g/mol. The second-order valence-electron chi connectivity index (χ2n) is 3.65. The fourth-order valence-electron chi connectivity index (χ4n) is 1.84. The first-order valence-electron chi connectivity index (χ1n) is 5.56. The zero-order valence-corrected chi connectivity index (χ0v) is 10.9. The van der Waals surface area contributed by atoms with E-state index in [1.54, 1.807) is 18.2 Å². The minimum atomic E-state index is -0.361. The highest BCUT2D eigenvalue weighted by Gasteiger charge is 2.19. The molecule has 0 bridgehead atoms. The van der Waals surface area contributed by atoms with E-state index in [0.29, 0.717) is 22.8 Å². The summed E-state index contributed by atoms with van der Waals surface area (Å²) in [5.74, 6) is 1.22. The van der Waals surface area contributed by atoms with Crippen molar-refractivity contribution in [1.29, 1.82) is 0 Å². The van der Waals surface area contributed by atoms with Crippen LogP contribution in [0.15, 0.2) is 29.3 Å². The Bertz CT molecular complexity index is 615. The van der Waals surface area contributed by atoms with Gasteiger partial charge in [-0.15, -0.1) is 0 Å². The van der Waals surface area contributed by atoms with Crippen molar-refractivity contribution in [3.05, 3.63) is 34.9 Å². The van der Waals surface area contributed by atoms with E-state index in [0.717, 1.165) is 0 Å². The third-order valence-corrected chi connectivity index (χ3v) is 2.68. The number of nitrogens with zero attached hydrogens (tertiary/aromatic N) is 1. The number of aromatic amines is 1. The third-order valence-electron chi connectivity index (χ3n) is 2.68. The van der Waals surface area contributed by atoms with Gasteiger partial charge in [0.25, 0.3) is 5.56 Å². The predicted molar refractivity (Wildman–Crippen MR) is 69.9 cm³/mol. The second kappa shape index (κ2) is 5.43. The Morgan fingerprint density at radius 3 is 2.21 bits per heavy atom. The van der Waals surface area contributed by atoms with Crippen LogP contribution in [0.5, 0.6) is 17.2 Å². The van der Waals surface area contributed by atoms with Crippen LogP contribution in [0.25, 0.3) is 11.3 Å².